The molecule has 1 aromatic rings. The van der Waals surface area contributed by atoms with Gasteiger partial charge in [0.1, 0.15) is 0 Å². The molecule has 1 fully saturated rings. The topological polar surface area (TPSA) is 49.3 Å². The molecule has 0 radical (unpaired) electrons. The average Bonchev–Trinajstić information content (AvgIpc) is 3.30. The molecule has 0 saturated heterocycles. The van der Waals surface area contributed by atoms with Crippen LogP contribution >= 0.6 is 0 Å². The summed E-state index contributed by atoms with van der Waals surface area (Å²) in [5.74, 6) is 7.16. The van der Waals surface area contributed by atoms with Gasteiger partial charge in [-0.1, -0.05) is 18.8 Å². The summed E-state index contributed by atoms with van der Waals surface area (Å²) in [6.45, 7) is 3.02. The lowest BCUT2D eigenvalue weighted by molar-refractivity contribution is 0.0946. The van der Waals surface area contributed by atoms with Crippen molar-refractivity contribution in [3.8, 4) is 11.8 Å². The highest BCUT2D eigenvalue weighted by molar-refractivity contribution is 5.94. The molecule has 0 aliphatic heterocycles. The van der Waals surface area contributed by atoms with Crippen LogP contribution in [0.4, 0.5) is 0 Å². The smallest absolute Gasteiger partial charge is 0.251 e. The number of hydrogen-bond donors (Lipinski definition) is 2. The van der Waals surface area contributed by atoms with Crippen LogP contribution in [-0.2, 0) is 0 Å². The monoisotopic (exact) mass is 271 g/mol. The molecule has 0 spiro atoms. The summed E-state index contributed by atoms with van der Waals surface area (Å²) in [6.07, 6.45) is 3.08. The lowest BCUT2D eigenvalue weighted by atomic mass is 10.1. The zero-order valence-electron chi connectivity index (χ0n) is 11.9. The number of benzene rings is 1. The Morgan fingerprint density at radius 1 is 1.40 bits per heavy atom. The molecule has 1 amide bonds. The minimum absolute atomic E-state index is 0.0210. The van der Waals surface area contributed by atoms with Crippen molar-refractivity contribution in [2.45, 2.75) is 26.2 Å². The van der Waals surface area contributed by atoms with Gasteiger partial charge in [0.2, 0.25) is 0 Å². The van der Waals surface area contributed by atoms with Crippen LogP contribution in [0.25, 0.3) is 0 Å². The summed E-state index contributed by atoms with van der Waals surface area (Å²) >= 11 is 0. The normalized spacial score (nSPS) is 15.1. The Kier molecular flexibility index (Phi) is 5.20. The maximum absolute atomic E-state index is 12.0. The zero-order chi connectivity index (χ0) is 14.4. The molecule has 20 heavy (non-hydrogen) atoms. The maximum atomic E-state index is 12.0. The van der Waals surface area contributed by atoms with Gasteiger partial charge in [-0.3, -0.25) is 4.79 Å². The van der Waals surface area contributed by atoms with E-state index in [1.54, 1.807) is 12.1 Å². The van der Waals surface area contributed by atoms with Crippen molar-refractivity contribution < 1.29 is 9.90 Å². The lowest BCUT2D eigenvalue weighted by Crippen LogP contribution is -2.28. The van der Waals surface area contributed by atoms with Crippen molar-refractivity contribution in [1.29, 1.82) is 0 Å². The number of aliphatic hydroxyl groups is 1. The van der Waals surface area contributed by atoms with Gasteiger partial charge in [-0.15, -0.1) is 0 Å². The molecule has 1 aliphatic rings. The summed E-state index contributed by atoms with van der Waals surface area (Å²) in [7, 11) is 0. The lowest BCUT2D eigenvalue weighted by Gasteiger charge is -2.11. The Labute approximate surface area is 120 Å². The first-order valence-electron chi connectivity index (χ1n) is 7.18. The second-order valence-electron chi connectivity index (χ2n) is 5.38. The largest absolute Gasteiger partial charge is 0.395 e. The zero-order valence-corrected chi connectivity index (χ0v) is 11.9. The van der Waals surface area contributed by atoms with E-state index in [0.29, 0.717) is 17.9 Å². The summed E-state index contributed by atoms with van der Waals surface area (Å²) in [5.41, 5.74) is 1.53. The van der Waals surface area contributed by atoms with Crippen LogP contribution in [-0.4, -0.2) is 24.2 Å². The Bertz CT molecular complexity index is 506. The number of carbonyl (C=O) groups is 1. The molecule has 0 aromatic heterocycles. The quantitative estimate of drug-likeness (QED) is 0.807. The van der Waals surface area contributed by atoms with Crippen molar-refractivity contribution in [3.63, 3.8) is 0 Å². The molecule has 2 rings (SSSR count). The molecule has 3 nitrogen and oxygen atoms in total. The Balaban J connectivity index is 1.85. The van der Waals surface area contributed by atoms with Crippen LogP contribution in [0.5, 0.6) is 0 Å². The summed E-state index contributed by atoms with van der Waals surface area (Å²) in [6, 6.07) is 7.26. The van der Waals surface area contributed by atoms with Crippen molar-refractivity contribution in [2.75, 3.05) is 13.2 Å². The average molecular weight is 271 g/mol. The molecule has 1 unspecified atom stereocenters. The first kappa shape index (κ1) is 14.6. The molecule has 0 bridgehead atoms. The van der Waals surface area contributed by atoms with Gasteiger partial charge in [-0.2, -0.15) is 0 Å². The molecular weight excluding hydrogens is 250 g/mol. The van der Waals surface area contributed by atoms with Gasteiger partial charge < -0.3 is 10.4 Å². The maximum Gasteiger partial charge on any atom is 0.251 e. The fourth-order valence-corrected chi connectivity index (χ4v) is 2.11. The molecular formula is C17H21NO2. The number of amides is 1. The third-order valence-corrected chi connectivity index (χ3v) is 3.63. The molecule has 106 valence electrons. The van der Waals surface area contributed by atoms with E-state index in [1.165, 1.54) is 12.8 Å². The third kappa shape index (κ3) is 4.40. The molecule has 1 atom stereocenters. The Hall–Kier alpha value is -1.79. The van der Waals surface area contributed by atoms with Gasteiger partial charge >= 0.3 is 0 Å². The Morgan fingerprint density at radius 2 is 2.10 bits per heavy atom. The second-order valence-corrected chi connectivity index (χ2v) is 5.38. The number of hydrogen-bond acceptors (Lipinski definition) is 2. The standard InChI is InChI=1S/C17H21NO2/c1-13(15-9-10-15)12-18-17(20)16-7-5-14(6-8-16)4-2-3-11-19/h5-8,13,15,19H,3,9-12H2,1H3,(H,18,20). The van der Waals surface area contributed by atoms with Crippen LogP contribution in [0.15, 0.2) is 24.3 Å². The minimum Gasteiger partial charge on any atom is -0.395 e. The molecule has 2 N–H and O–H groups in total. The van der Waals surface area contributed by atoms with E-state index in [4.69, 9.17) is 5.11 Å². The SMILES string of the molecule is CC(CNC(=O)c1ccc(C#CCCO)cc1)C1CC1. The van der Waals surface area contributed by atoms with E-state index >= 15 is 0 Å². The van der Waals surface area contributed by atoms with Crippen LogP contribution in [0.2, 0.25) is 0 Å². The number of carbonyl (C=O) groups excluding carboxylic acids is 1. The molecule has 1 aliphatic carbocycles. The van der Waals surface area contributed by atoms with Gasteiger partial charge in [0, 0.05) is 24.1 Å². The van der Waals surface area contributed by atoms with Gasteiger partial charge in [0.25, 0.3) is 5.91 Å². The predicted molar refractivity (Wildman–Crippen MR) is 79.2 cm³/mol. The van der Waals surface area contributed by atoms with Crippen molar-refractivity contribution in [2.24, 2.45) is 11.8 Å². The molecule has 1 saturated carbocycles. The highest BCUT2D eigenvalue weighted by atomic mass is 16.2. The first-order valence-corrected chi connectivity index (χ1v) is 7.18. The van der Waals surface area contributed by atoms with Crippen molar-refractivity contribution in [3.05, 3.63) is 35.4 Å². The van der Waals surface area contributed by atoms with E-state index in [0.717, 1.165) is 18.0 Å². The summed E-state index contributed by atoms with van der Waals surface area (Å²) in [4.78, 5) is 12.0. The number of nitrogens with one attached hydrogen (secondary N) is 1. The molecule has 1 aromatic carbocycles. The van der Waals surface area contributed by atoms with Crippen molar-refractivity contribution >= 4 is 5.91 Å². The van der Waals surface area contributed by atoms with E-state index in [2.05, 4.69) is 24.1 Å². The van der Waals surface area contributed by atoms with Crippen LogP contribution in [0, 0.1) is 23.7 Å². The minimum atomic E-state index is -0.0210. The van der Waals surface area contributed by atoms with Crippen molar-refractivity contribution in [1.82, 2.24) is 5.32 Å². The van der Waals surface area contributed by atoms with Gasteiger partial charge in [-0.05, 0) is 48.9 Å². The van der Waals surface area contributed by atoms with E-state index in [-0.39, 0.29) is 12.5 Å². The van der Waals surface area contributed by atoms with Gasteiger partial charge in [-0.25, -0.2) is 0 Å². The van der Waals surface area contributed by atoms with Gasteiger partial charge in [0.05, 0.1) is 6.61 Å². The fourth-order valence-electron chi connectivity index (χ4n) is 2.11. The van der Waals surface area contributed by atoms with E-state index in [1.807, 2.05) is 12.1 Å². The van der Waals surface area contributed by atoms with Gasteiger partial charge in [0.15, 0.2) is 0 Å². The summed E-state index contributed by atoms with van der Waals surface area (Å²) in [5, 5.41) is 11.6. The Morgan fingerprint density at radius 3 is 2.70 bits per heavy atom. The van der Waals surface area contributed by atoms with Crippen LogP contribution < -0.4 is 5.32 Å². The second kappa shape index (κ2) is 7.12. The fraction of sp³-hybridized carbons (Fsp3) is 0.471. The number of aliphatic hydroxyl groups excluding tert-OH is 1. The predicted octanol–water partition coefficient (Wildman–Crippen LogP) is 2.20. The summed E-state index contributed by atoms with van der Waals surface area (Å²) < 4.78 is 0. The van der Waals surface area contributed by atoms with E-state index < -0.39 is 0 Å². The van der Waals surface area contributed by atoms with E-state index in [9.17, 15) is 4.79 Å². The number of rotatable bonds is 5. The highest BCUT2D eigenvalue weighted by Crippen LogP contribution is 2.36. The molecule has 0 heterocycles. The highest BCUT2D eigenvalue weighted by Gasteiger charge is 2.27. The third-order valence-electron chi connectivity index (χ3n) is 3.63. The van der Waals surface area contributed by atoms with Crippen LogP contribution in [0.1, 0.15) is 42.1 Å². The first-order chi connectivity index (χ1) is 9.70. The van der Waals surface area contributed by atoms with Crippen LogP contribution in [0.3, 0.4) is 0 Å². The molecule has 3 heteroatoms.